The summed E-state index contributed by atoms with van der Waals surface area (Å²) < 4.78 is 17.0. The van der Waals surface area contributed by atoms with Crippen molar-refractivity contribution in [3.05, 3.63) is 104 Å². The molecule has 0 fully saturated rings. The number of rotatable bonds is 7. The first kappa shape index (κ1) is 24.9. The van der Waals surface area contributed by atoms with Gasteiger partial charge in [-0.15, -0.1) is 0 Å². The molecule has 0 aliphatic heterocycles. The number of pyridine rings is 1. The zero-order valence-corrected chi connectivity index (χ0v) is 20.8. The molecule has 4 aromatic rings. The molecule has 0 aliphatic carbocycles. The number of esters is 1. The fourth-order valence-corrected chi connectivity index (χ4v) is 4.25. The van der Waals surface area contributed by atoms with Gasteiger partial charge in [-0.2, -0.15) is 0 Å². The van der Waals surface area contributed by atoms with E-state index in [-0.39, 0.29) is 22.8 Å². The molecule has 8 heteroatoms. The number of fused-ring (bicyclic) bond motifs is 1. The number of carbonyl (C=O) groups is 1. The third-order valence-electron chi connectivity index (χ3n) is 6.27. The lowest BCUT2D eigenvalue weighted by molar-refractivity contribution is -0.152. The smallest absolute Gasteiger partial charge is 0.423 e. The van der Waals surface area contributed by atoms with Crippen molar-refractivity contribution in [2.45, 2.75) is 45.8 Å². The highest BCUT2D eigenvalue weighted by Crippen LogP contribution is 2.31. The number of ether oxygens (including phenoxy) is 2. The molecule has 2 atom stereocenters. The zero-order chi connectivity index (χ0) is 26.0. The minimum atomic E-state index is -1.23. The molecule has 186 valence electrons. The van der Waals surface area contributed by atoms with Gasteiger partial charge in [0.1, 0.15) is 12.1 Å². The lowest BCUT2D eigenvalue weighted by Crippen LogP contribution is -2.40. The van der Waals surface area contributed by atoms with Crippen LogP contribution in [0.15, 0.2) is 74.8 Å². The number of carbonyl (C=O) groups excluding carboxylic acids is 1. The number of aromatic nitrogens is 2. The highest BCUT2D eigenvalue weighted by molar-refractivity contribution is 5.78. The summed E-state index contributed by atoms with van der Waals surface area (Å²) in [6.07, 6.45) is 0.776. The fourth-order valence-electron chi connectivity index (χ4n) is 4.25. The lowest BCUT2D eigenvalue weighted by Gasteiger charge is -2.26. The van der Waals surface area contributed by atoms with E-state index in [2.05, 4.69) is 4.98 Å². The molecule has 2 heterocycles. The Morgan fingerprint density at radius 3 is 2.00 bits per heavy atom. The van der Waals surface area contributed by atoms with Crippen molar-refractivity contribution in [1.82, 2.24) is 9.55 Å². The van der Waals surface area contributed by atoms with Crippen LogP contribution in [-0.2, 0) is 9.53 Å². The van der Waals surface area contributed by atoms with E-state index >= 15 is 0 Å². The van der Waals surface area contributed by atoms with Gasteiger partial charge < -0.3 is 13.9 Å². The zero-order valence-electron chi connectivity index (χ0n) is 20.8. The minimum Gasteiger partial charge on any atom is -0.493 e. The Morgan fingerprint density at radius 2 is 1.47 bits per heavy atom. The summed E-state index contributed by atoms with van der Waals surface area (Å²) in [7, 11) is 1.39. The quantitative estimate of drug-likeness (QED) is 0.358. The number of hydrogen-bond acceptors (Lipinski definition) is 7. The fraction of sp³-hybridized carbons (Fsp3) is 0.286. The molecule has 36 heavy (non-hydrogen) atoms. The van der Waals surface area contributed by atoms with Crippen molar-refractivity contribution in [2.75, 3.05) is 7.11 Å². The summed E-state index contributed by atoms with van der Waals surface area (Å²) in [6.45, 7) is 7.24. The van der Waals surface area contributed by atoms with Crippen LogP contribution in [0.3, 0.4) is 0 Å². The molecule has 0 aliphatic rings. The van der Waals surface area contributed by atoms with E-state index in [0.717, 1.165) is 26.8 Å². The van der Waals surface area contributed by atoms with Crippen molar-refractivity contribution in [3.63, 3.8) is 0 Å². The molecule has 0 spiro atoms. The molecule has 0 N–H and O–H groups in total. The van der Waals surface area contributed by atoms with Gasteiger partial charge in [0.2, 0.25) is 5.58 Å². The maximum absolute atomic E-state index is 13.2. The van der Waals surface area contributed by atoms with E-state index in [9.17, 15) is 14.4 Å². The first-order valence-electron chi connectivity index (χ1n) is 11.6. The largest absolute Gasteiger partial charge is 0.493 e. The molecule has 4 rings (SSSR count). The van der Waals surface area contributed by atoms with Gasteiger partial charge in [0.25, 0.3) is 5.56 Å². The minimum absolute atomic E-state index is 0.0704. The molecule has 2 unspecified atom stereocenters. The van der Waals surface area contributed by atoms with Crippen molar-refractivity contribution < 1.29 is 18.7 Å². The number of hydrogen-bond donors (Lipinski definition) is 0. The van der Waals surface area contributed by atoms with Crippen LogP contribution in [0.2, 0.25) is 0 Å². The standard InChI is InChI=1S/C28H28N2O6/c1-16-6-10-20(11-7-16)23(21-12-8-17(2)9-13-21)19(4)35-27(32)18(3)30-26(31)24-25(36-28(30)33)22(34-5)14-15-29-24/h6-15,18-19,23H,1-5H3. The number of nitrogens with zero attached hydrogens (tertiary/aromatic N) is 2. The number of benzene rings is 2. The number of aryl methyl sites for hydroxylation is 2. The molecular weight excluding hydrogens is 460 g/mol. The molecule has 2 aromatic heterocycles. The predicted molar refractivity (Wildman–Crippen MR) is 136 cm³/mol. The Labute approximate surface area is 208 Å². The summed E-state index contributed by atoms with van der Waals surface area (Å²) in [5.41, 5.74) is 3.26. The lowest BCUT2D eigenvalue weighted by atomic mass is 9.86. The van der Waals surface area contributed by atoms with Crippen molar-refractivity contribution >= 4 is 17.1 Å². The van der Waals surface area contributed by atoms with Crippen LogP contribution >= 0.6 is 0 Å². The summed E-state index contributed by atoms with van der Waals surface area (Å²) >= 11 is 0. The highest BCUT2D eigenvalue weighted by atomic mass is 16.5. The second-order valence-electron chi connectivity index (χ2n) is 8.85. The SMILES string of the molecule is COc1ccnc2c(=O)n(C(C)C(=O)OC(C)C(c3ccc(C)cc3)c3ccc(C)cc3)c(=O)oc12. The summed E-state index contributed by atoms with van der Waals surface area (Å²) in [5, 5.41) is 0. The predicted octanol–water partition coefficient (Wildman–Crippen LogP) is 4.30. The topological polar surface area (TPSA) is 101 Å². The molecule has 0 saturated heterocycles. The van der Waals surface area contributed by atoms with Gasteiger partial charge >= 0.3 is 11.7 Å². The van der Waals surface area contributed by atoms with Gasteiger partial charge in [0.15, 0.2) is 11.3 Å². The van der Waals surface area contributed by atoms with Crippen LogP contribution in [-0.4, -0.2) is 28.7 Å². The molecule has 0 amide bonds. The first-order valence-corrected chi connectivity index (χ1v) is 11.6. The normalized spacial score (nSPS) is 12.9. The van der Waals surface area contributed by atoms with Gasteiger partial charge in [-0.05, 0) is 38.8 Å². The second kappa shape index (κ2) is 10.2. The van der Waals surface area contributed by atoms with E-state index in [1.807, 2.05) is 62.4 Å². The summed E-state index contributed by atoms with van der Waals surface area (Å²) in [6, 6.07) is 16.3. The van der Waals surface area contributed by atoms with E-state index < -0.39 is 29.4 Å². The Morgan fingerprint density at radius 1 is 0.917 bits per heavy atom. The summed E-state index contributed by atoms with van der Waals surface area (Å²) in [5.74, 6) is -1.78. The van der Waals surface area contributed by atoms with Crippen LogP contribution in [0.4, 0.5) is 0 Å². The highest BCUT2D eigenvalue weighted by Gasteiger charge is 2.29. The third kappa shape index (κ3) is 4.79. The van der Waals surface area contributed by atoms with Gasteiger partial charge in [0, 0.05) is 18.2 Å². The second-order valence-corrected chi connectivity index (χ2v) is 8.85. The average Bonchev–Trinajstić information content (AvgIpc) is 2.86. The van der Waals surface area contributed by atoms with E-state index in [0.29, 0.717) is 0 Å². The monoisotopic (exact) mass is 488 g/mol. The van der Waals surface area contributed by atoms with Crippen LogP contribution in [0.1, 0.15) is 48.1 Å². The molecule has 0 radical (unpaired) electrons. The Bertz CT molecular complexity index is 1460. The maximum Gasteiger partial charge on any atom is 0.423 e. The Balaban J connectivity index is 1.67. The van der Waals surface area contributed by atoms with E-state index in [1.165, 1.54) is 26.3 Å². The average molecular weight is 489 g/mol. The molecule has 8 nitrogen and oxygen atoms in total. The van der Waals surface area contributed by atoms with Crippen LogP contribution < -0.4 is 16.1 Å². The van der Waals surface area contributed by atoms with Gasteiger partial charge in [-0.3, -0.25) is 4.79 Å². The van der Waals surface area contributed by atoms with Crippen LogP contribution in [0.25, 0.3) is 11.1 Å². The van der Waals surface area contributed by atoms with Crippen molar-refractivity contribution in [2.24, 2.45) is 0 Å². The molecule has 0 bridgehead atoms. The van der Waals surface area contributed by atoms with Crippen LogP contribution in [0.5, 0.6) is 5.75 Å². The Kier molecular flexibility index (Phi) is 7.05. The van der Waals surface area contributed by atoms with Crippen molar-refractivity contribution in [3.8, 4) is 5.75 Å². The maximum atomic E-state index is 13.2. The van der Waals surface area contributed by atoms with E-state index in [4.69, 9.17) is 13.9 Å². The molecular formula is C28H28N2O6. The van der Waals surface area contributed by atoms with Crippen LogP contribution in [0, 0.1) is 13.8 Å². The molecule has 0 saturated carbocycles. The summed E-state index contributed by atoms with van der Waals surface area (Å²) in [4.78, 5) is 43.0. The number of methoxy groups -OCH3 is 1. The third-order valence-corrected chi connectivity index (χ3v) is 6.27. The van der Waals surface area contributed by atoms with Gasteiger partial charge in [-0.1, -0.05) is 59.7 Å². The Hall–Kier alpha value is -4.20. The first-order chi connectivity index (χ1) is 17.2. The van der Waals surface area contributed by atoms with Gasteiger partial charge in [-0.25, -0.2) is 19.1 Å². The van der Waals surface area contributed by atoms with E-state index in [1.54, 1.807) is 6.92 Å². The van der Waals surface area contributed by atoms with Gasteiger partial charge in [0.05, 0.1) is 7.11 Å². The van der Waals surface area contributed by atoms with Crippen molar-refractivity contribution in [1.29, 1.82) is 0 Å². The molecule has 2 aromatic carbocycles.